The number of thioether (sulfide) groups is 1. The van der Waals surface area contributed by atoms with Crippen molar-refractivity contribution >= 4 is 46.2 Å². The van der Waals surface area contributed by atoms with E-state index in [1.54, 1.807) is 13.2 Å². The summed E-state index contributed by atoms with van der Waals surface area (Å²) >= 11 is 6.50. The van der Waals surface area contributed by atoms with Gasteiger partial charge in [-0.3, -0.25) is 15.0 Å². The van der Waals surface area contributed by atoms with Crippen LogP contribution in [0.25, 0.3) is 6.08 Å². The SMILES string of the molecule is CCCCOc1ccc(C=C2SC(=S)N(NC(=O)CCN3CCCCC3)C2=O)cc1OC. The Morgan fingerprint density at radius 1 is 1.25 bits per heavy atom. The lowest BCUT2D eigenvalue weighted by atomic mass is 10.1. The lowest BCUT2D eigenvalue weighted by molar-refractivity contribution is -0.133. The maximum atomic E-state index is 12.8. The van der Waals surface area contributed by atoms with Gasteiger partial charge in [-0.05, 0) is 68.3 Å². The first-order chi connectivity index (χ1) is 15.5. The number of hydrogen-bond acceptors (Lipinski definition) is 7. The second-order valence-corrected chi connectivity index (χ2v) is 9.49. The quantitative estimate of drug-likeness (QED) is 0.310. The number of amides is 2. The number of carbonyl (C=O) groups excluding carboxylic acids is 2. The van der Waals surface area contributed by atoms with Crippen LogP contribution < -0.4 is 14.9 Å². The number of likely N-dealkylation sites (tertiary alicyclic amines) is 1. The molecule has 2 aliphatic rings. The fraction of sp³-hybridized carbons (Fsp3) is 0.522. The zero-order chi connectivity index (χ0) is 22.9. The largest absolute Gasteiger partial charge is 0.493 e. The number of rotatable bonds is 10. The monoisotopic (exact) mass is 477 g/mol. The van der Waals surface area contributed by atoms with E-state index in [1.165, 1.54) is 36.0 Å². The highest BCUT2D eigenvalue weighted by atomic mass is 32.2. The van der Waals surface area contributed by atoms with Gasteiger partial charge in [0, 0.05) is 13.0 Å². The Morgan fingerprint density at radius 3 is 2.75 bits per heavy atom. The van der Waals surface area contributed by atoms with E-state index >= 15 is 0 Å². The smallest absolute Gasteiger partial charge is 0.285 e. The van der Waals surface area contributed by atoms with Crippen LogP contribution in [0.15, 0.2) is 23.1 Å². The zero-order valence-corrected chi connectivity index (χ0v) is 20.4. The molecule has 2 saturated heterocycles. The van der Waals surface area contributed by atoms with E-state index < -0.39 is 0 Å². The first kappa shape index (κ1) is 24.5. The summed E-state index contributed by atoms with van der Waals surface area (Å²) in [7, 11) is 1.59. The highest BCUT2D eigenvalue weighted by Crippen LogP contribution is 2.34. The molecule has 2 aliphatic heterocycles. The minimum absolute atomic E-state index is 0.205. The van der Waals surface area contributed by atoms with Gasteiger partial charge in [-0.25, -0.2) is 0 Å². The number of benzene rings is 1. The third-order valence-corrected chi connectivity index (χ3v) is 6.68. The van der Waals surface area contributed by atoms with Crippen LogP contribution in [0.1, 0.15) is 51.0 Å². The molecule has 0 unspecified atom stereocenters. The van der Waals surface area contributed by atoms with Crippen LogP contribution >= 0.6 is 24.0 Å². The molecule has 9 heteroatoms. The number of carbonyl (C=O) groups is 2. The topological polar surface area (TPSA) is 71.1 Å². The molecule has 0 radical (unpaired) electrons. The van der Waals surface area contributed by atoms with Gasteiger partial charge >= 0.3 is 0 Å². The maximum Gasteiger partial charge on any atom is 0.285 e. The molecule has 7 nitrogen and oxygen atoms in total. The molecular formula is C23H31N3O4S2. The Morgan fingerprint density at radius 2 is 2.03 bits per heavy atom. The molecule has 0 aromatic heterocycles. The number of unbranched alkanes of at least 4 members (excludes halogenated alkanes) is 1. The van der Waals surface area contributed by atoms with Crippen LogP contribution in [0.3, 0.4) is 0 Å². The summed E-state index contributed by atoms with van der Waals surface area (Å²) in [6, 6.07) is 5.53. The average Bonchev–Trinajstić information content (AvgIpc) is 3.06. The Kier molecular flexibility index (Phi) is 9.37. The number of thiocarbonyl (C=S) groups is 1. The van der Waals surface area contributed by atoms with Crippen molar-refractivity contribution in [3.63, 3.8) is 0 Å². The first-order valence-electron chi connectivity index (χ1n) is 11.1. The van der Waals surface area contributed by atoms with Crippen LogP contribution in [0.4, 0.5) is 0 Å². The summed E-state index contributed by atoms with van der Waals surface area (Å²) in [5.41, 5.74) is 3.46. The van der Waals surface area contributed by atoms with E-state index in [1.807, 2.05) is 18.2 Å². The van der Waals surface area contributed by atoms with E-state index in [0.29, 0.717) is 40.3 Å². The number of methoxy groups -OCH3 is 1. The number of nitrogens with zero attached hydrogens (tertiary/aromatic N) is 2. The van der Waals surface area contributed by atoms with Gasteiger partial charge in [-0.2, -0.15) is 5.01 Å². The molecule has 2 fully saturated rings. The van der Waals surface area contributed by atoms with Gasteiger partial charge in [-0.15, -0.1) is 0 Å². The molecule has 2 heterocycles. The summed E-state index contributed by atoms with van der Waals surface area (Å²) in [5, 5.41) is 1.17. The third kappa shape index (κ3) is 6.70. The normalized spacial score (nSPS) is 18.3. The summed E-state index contributed by atoms with van der Waals surface area (Å²) in [6.45, 7) is 5.49. The number of nitrogens with one attached hydrogen (secondary N) is 1. The fourth-order valence-electron chi connectivity index (χ4n) is 3.56. The van der Waals surface area contributed by atoms with Gasteiger partial charge in [0.25, 0.3) is 5.91 Å². The van der Waals surface area contributed by atoms with Crippen LogP contribution in [0, 0.1) is 0 Å². The standard InChI is InChI=1S/C23H31N3O4S2/c1-3-4-14-30-18-9-8-17(15-19(18)29-2)16-20-22(28)26(23(31)32-20)24-21(27)10-13-25-11-6-5-7-12-25/h8-9,15-16H,3-7,10-14H2,1-2H3,(H,24,27). The van der Waals surface area contributed by atoms with Crippen molar-refractivity contribution in [2.75, 3.05) is 33.4 Å². The summed E-state index contributed by atoms with van der Waals surface area (Å²) in [6.07, 6.45) is 7.72. The Hall–Kier alpha value is -2.10. The molecule has 3 rings (SSSR count). The molecule has 1 aromatic carbocycles. The summed E-state index contributed by atoms with van der Waals surface area (Å²) in [5.74, 6) is 0.750. The van der Waals surface area contributed by atoms with Crippen molar-refractivity contribution in [3.05, 3.63) is 28.7 Å². The van der Waals surface area contributed by atoms with Gasteiger partial charge in [0.15, 0.2) is 15.8 Å². The fourth-order valence-corrected chi connectivity index (χ4v) is 4.74. The highest BCUT2D eigenvalue weighted by molar-refractivity contribution is 8.26. The van der Waals surface area contributed by atoms with Gasteiger partial charge in [0.1, 0.15) is 0 Å². The molecule has 1 aromatic rings. The zero-order valence-electron chi connectivity index (χ0n) is 18.7. The van der Waals surface area contributed by atoms with Crippen molar-refractivity contribution in [1.29, 1.82) is 0 Å². The van der Waals surface area contributed by atoms with E-state index in [0.717, 1.165) is 31.5 Å². The molecule has 1 N–H and O–H groups in total. The first-order valence-corrected chi connectivity index (χ1v) is 12.3. The summed E-state index contributed by atoms with van der Waals surface area (Å²) < 4.78 is 11.5. The molecule has 32 heavy (non-hydrogen) atoms. The minimum atomic E-state index is -0.325. The van der Waals surface area contributed by atoms with Crippen LogP contribution in [-0.2, 0) is 9.59 Å². The van der Waals surface area contributed by atoms with Crippen molar-refractivity contribution in [3.8, 4) is 11.5 Å². The predicted octanol–water partition coefficient (Wildman–Crippen LogP) is 3.98. The molecule has 174 valence electrons. The highest BCUT2D eigenvalue weighted by Gasteiger charge is 2.33. The molecule has 0 spiro atoms. The molecule has 0 saturated carbocycles. The molecule has 0 bridgehead atoms. The maximum absolute atomic E-state index is 12.8. The second-order valence-electron chi connectivity index (χ2n) is 7.82. The van der Waals surface area contributed by atoms with Gasteiger partial charge in [0.05, 0.1) is 18.6 Å². The van der Waals surface area contributed by atoms with Crippen molar-refractivity contribution in [2.24, 2.45) is 0 Å². The Balaban J connectivity index is 1.60. The van der Waals surface area contributed by atoms with Crippen LogP contribution in [0.5, 0.6) is 11.5 Å². The molecule has 2 amide bonds. The van der Waals surface area contributed by atoms with Gasteiger partial charge in [-0.1, -0.05) is 37.6 Å². The van der Waals surface area contributed by atoms with E-state index in [2.05, 4.69) is 17.2 Å². The third-order valence-electron chi connectivity index (χ3n) is 5.37. The Bertz CT molecular complexity index is 869. The number of ether oxygens (including phenoxy) is 2. The average molecular weight is 478 g/mol. The van der Waals surface area contributed by atoms with Gasteiger partial charge < -0.3 is 14.4 Å². The predicted molar refractivity (Wildman–Crippen MR) is 131 cm³/mol. The number of hydrazine groups is 1. The lowest BCUT2D eigenvalue weighted by Gasteiger charge is -2.26. The Labute approximate surface area is 199 Å². The molecule has 0 aliphatic carbocycles. The number of piperidine rings is 1. The summed E-state index contributed by atoms with van der Waals surface area (Å²) in [4.78, 5) is 27.9. The van der Waals surface area contributed by atoms with Crippen molar-refractivity contribution in [2.45, 2.75) is 45.4 Å². The lowest BCUT2D eigenvalue weighted by Crippen LogP contribution is -2.46. The number of hydrogen-bond donors (Lipinski definition) is 1. The van der Waals surface area contributed by atoms with Gasteiger partial charge in [0.2, 0.25) is 5.91 Å². The molecular weight excluding hydrogens is 446 g/mol. The van der Waals surface area contributed by atoms with Crippen molar-refractivity contribution in [1.82, 2.24) is 15.3 Å². The van der Waals surface area contributed by atoms with E-state index in [4.69, 9.17) is 21.7 Å². The molecule has 0 atom stereocenters. The minimum Gasteiger partial charge on any atom is -0.493 e. The van der Waals surface area contributed by atoms with Crippen molar-refractivity contribution < 1.29 is 19.1 Å². The van der Waals surface area contributed by atoms with E-state index in [-0.39, 0.29) is 11.8 Å². The van der Waals surface area contributed by atoms with Crippen LogP contribution in [0.2, 0.25) is 0 Å². The van der Waals surface area contributed by atoms with E-state index in [9.17, 15) is 9.59 Å². The van der Waals surface area contributed by atoms with Crippen LogP contribution in [-0.4, -0.2) is 59.4 Å². The second kappa shape index (κ2) is 12.2.